The van der Waals surface area contributed by atoms with Gasteiger partial charge in [0.25, 0.3) is 0 Å². The molecule has 0 saturated heterocycles. The average molecular weight is 278 g/mol. The second kappa shape index (κ2) is 4.26. The number of hydrogen-bond acceptors (Lipinski definition) is 2. The number of fused-ring (bicyclic) bond motifs is 1. The van der Waals surface area contributed by atoms with Crippen molar-refractivity contribution in [3.63, 3.8) is 0 Å². The number of pyridine rings is 1. The zero-order valence-corrected chi connectivity index (χ0v) is 10.1. The van der Waals surface area contributed by atoms with E-state index in [4.69, 9.17) is 0 Å². The van der Waals surface area contributed by atoms with Gasteiger partial charge in [0.2, 0.25) is 0 Å². The smallest absolute Gasteiger partial charge is 0.416 e. The van der Waals surface area contributed by atoms with Crippen molar-refractivity contribution in [3.05, 3.63) is 48.3 Å². The Bertz CT molecular complexity index is 777. The van der Waals surface area contributed by atoms with E-state index in [0.717, 1.165) is 12.1 Å². The van der Waals surface area contributed by atoms with Crippen molar-refractivity contribution in [2.75, 3.05) is 0 Å². The summed E-state index contributed by atoms with van der Waals surface area (Å²) in [5, 5.41) is 10.1. The number of hydrogen-bond donors (Lipinski definition) is 2. The number of nitrogens with zero attached hydrogens (tertiary/aromatic N) is 1. The molecule has 20 heavy (non-hydrogen) atoms. The number of halogens is 3. The number of aromatic amines is 1. The predicted molar refractivity (Wildman–Crippen MR) is 68.2 cm³/mol. The number of nitrogens with one attached hydrogen (secondary N) is 1. The molecule has 0 bridgehead atoms. The molecule has 0 aliphatic heterocycles. The van der Waals surface area contributed by atoms with Crippen LogP contribution in [0.4, 0.5) is 13.2 Å². The number of alkyl halides is 3. The Morgan fingerprint density at radius 2 is 1.90 bits per heavy atom. The third kappa shape index (κ3) is 2.09. The Morgan fingerprint density at radius 1 is 1.10 bits per heavy atom. The summed E-state index contributed by atoms with van der Waals surface area (Å²) >= 11 is 0. The maximum absolute atomic E-state index is 12.7. The first-order valence-electron chi connectivity index (χ1n) is 5.78. The molecular weight excluding hydrogens is 269 g/mol. The van der Waals surface area contributed by atoms with Crippen molar-refractivity contribution in [1.82, 2.24) is 9.97 Å². The SMILES string of the molecule is Oc1cnccc1-c1cc2cc(C(F)(F)F)ccc2[nH]1. The third-order valence-corrected chi connectivity index (χ3v) is 3.04. The van der Waals surface area contributed by atoms with Gasteiger partial charge in [0.15, 0.2) is 0 Å². The van der Waals surface area contributed by atoms with Gasteiger partial charge in [-0.05, 0) is 30.3 Å². The molecule has 0 unspecified atom stereocenters. The predicted octanol–water partition coefficient (Wildman–Crippen LogP) is 3.95. The fourth-order valence-corrected chi connectivity index (χ4v) is 2.07. The van der Waals surface area contributed by atoms with Crippen LogP contribution in [0.3, 0.4) is 0 Å². The van der Waals surface area contributed by atoms with Gasteiger partial charge in [-0.1, -0.05) is 0 Å². The van der Waals surface area contributed by atoms with E-state index in [9.17, 15) is 18.3 Å². The minimum Gasteiger partial charge on any atom is -0.506 e. The third-order valence-electron chi connectivity index (χ3n) is 3.04. The van der Waals surface area contributed by atoms with Crippen LogP contribution in [0.15, 0.2) is 42.7 Å². The highest BCUT2D eigenvalue weighted by atomic mass is 19.4. The first-order chi connectivity index (χ1) is 9.45. The number of benzene rings is 1. The number of rotatable bonds is 1. The first kappa shape index (κ1) is 12.5. The van der Waals surface area contributed by atoms with Gasteiger partial charge >= 0.3 is 6.18 Å². The lowest BCUT2D eigenvalue weighted by Gasteiger charge is -2.05. The van der Waals surface area contributed by atoms with Crippen molar-refractivity contribution in [2.45, 2.75) is 6.18 Å². The molecule has 0 spiro atoms. The highest BCUT2D eigenvalue weighted by Crippen LogP contribution is 2.34. The normalized spacial score (nSPS) is 11.9. The molecule has 0 atom stereocenters. The largest absolute Gasteiger partial charge is 0.506 e. The zero-order valence-electron chi connectivity index (χ0n) is 10.1. The Labute approximate surface area is 111 Å². The molecule has 3 nitrogen and oxygen atoms in total. The number of aromatic nitrogens is 2. The minimum absolute atomic E-state index is 0.0323. The number of aromatic hydroxyl groups is 1. The lowest BCUT2D eigenvalue weighted by Crippen LogP contribution is -2.03. The van der Waals surface area contributed by atoms with Gasteiger partial charge in [0.05, 0.1) is 17.5 Å². The van der Waals surface area contributed by atoms with E-state index in [2.05, 4.69) is 9.97 Å². The van der Waals surface area contributed by atoms with E-state index < -0.39 is 11.7 Å². The second-order valence-corrected chi connectivity index (χ2v) is 4.38. The lowest BCUT2D eigenvalue weighted by molar-refractivity contribution is -0.137. The van der Waals surface area contributed by atoms with Gasteiger partial charge in [-0.2, -0.15) is 13.2 Å². The highest BCUT2D eigenvalue weighted by Gasteiger charge is 2.30. The molecule has 0 fully saturated rings. The summed E-state index contributed by atoms with van der Waals surface area (Å²) in [5.41, 5.74) is 0.905. The molecule has 3 rings (SSSR count). The van der Waals surface area contributed by atoms with E-state index in [1.807, 2.05) is 0 Å². The van der Waals surface area contributed by atoms with Gasteiger partial charge in [-0.25, -0.2) is 0 Å². The number of H-pyrrole nitrogens is 1. The van der Waals surface area contributed by atoms with Crippen LogP contribution in [0.25, 0.3) is 22.2 Å². The van der Waals surface area contributed by atoms with Crippen LogP contribution in [0, 0.1) is 0 Å². The topological polar surface area (TPSA) is 48.9 Å². The monoisotopic (exact) mass is 278 g/mol. The Morgan fingerprint density at radius 3 is 2.60 bits per heavy atom. The maximum atomic E-state index is 12.7. The van der Waals surface area contributed by atoms with Gasteiger partial charge in [0.1, 0.15) is 5.75 Å². The molecule has 0 amide bonds. The summed E-state index contributed by atoms with van der Waals surface area (Å²) in [5.74, 6) is -0.0323. The summed E-state index contributed by atoms with van der Waals surface area (Å²) in [6.07, 6.45) is -1.59. The quantitative estimate of drug-likeness (QED) is 0.708. The molecule has 6 heteroatoms. The van der Waals surface area contributed by atoms with Gasteiger partial charge in [0, 0.05) is 22.7 Å². The average Bonchev–Trinajstić information content (AvgIpc) is 2.80. The van der Waals surface area contributed by atoms with Crippen LogP contribution in [-0.4, -0.2) is 15.1 Å². The molecule has 0 aliphatic rings. The van der Waals surface area contributed by atoms with E-state index in [1.54, 1.807) is 12.1 Å². The van der Waals surface area contributed by atoms with E-state index in [0.29, 0.717) is 22.2 Å². The van der Waals surface area contributed by atoms with Crippen LogP contribution in [0.1, 0.15) is 5.56 Å². The molecule has 2 N–H and O–H groups in total. The van der Waals surface area contributed by atoms with Crippen molar-refractivity contribution < 1.29 is 18.3 Å². The fourth-order valence-electron chi connectivity index (χ4n) is 2.07. The second-order valence-electron chi connectivity index (χ2n) is 4.38. The molecular formula is C14H9F3N2O. The summed E-state index contributed by atoms with van der Waals surface area (Å²) in [7, 11) is 0. The highest BCUT2D eigenvalue weighted by molar-refractivity contribution is 5.87. The lowest BCUT2D eigenvalue weighted by atomic mass is 10.1. The van der Waals surface area contributed by atoms with Crippen molar-refractivity contribution >= 4 is 10.9 Å². The standard InChI is InChI=1S/C14H9F3N2O/c15-14(16,17)9-1-2-11-8(5-9)6-12(19-11)10-3-4-18-7-13(10)20/h1-7,19-20H. The van der Waals surface area contributed by atoms with E-state index in [1.165, 1.54) is 18.5 Å². The van der Waals surface area contributed by atoms with Crippen LogP contribution in [0.2, 0.25) is 0 Å². The van der Waals surface area contributed by atoms with Crippen molar-refractivity contribution in [3.8, 4) is 17.0 Å². The van der Waals surface area contributed by atoms with Crippen molar-refractivity contribution in [2.24, 2.45) is 0 Å². The zero-order chi connectivity index (χ0) is 14.3. The Hall–Kier alpha value is -2.50. The molecule has 2 heterocycles. The minimum atomic E-state index is -4.37. The molecule has 0 radical (unpaired) electrons. The van der Waals surface area contributed by atoms with Gasteiger partial charge in [-0.15, -0.1) is 0 Å². The molecule has 2 aromatic heterocycles. The summed E-state index contributed by atoms with van der Waals surface area (Å²) in [6, 6.07) is 6.63. The maximum Gasteiger partial charge on any atom is 0.416 e. The molecule has 0 saturated carbocycles. The molecule has 3 aromatic rings. The first-order valence-corrected chi connectivity index (χ1v) is 5.78. The summed E-state index contributed by atoms with van der Waals surface area (Å²) in [4.78, 5) is 6.73. The van der Waals surface area contributed by atoms with E-state index in [-0.39, 0.29) is 5.75 Å². The van der Waals surface area contributed by atoms with Crippen LogP contribution < -0.4 is 0 Å². The van der Waals surface area contributed by atoms with Crippen LogP contribution in [-0.2, 0) is 6.18 Å². The van der Waals surface area contributed by atoms with Crippen LogP contribution >= 0.6 is 0 Å². The Balaban J connectivity index is 2.14. The summed E-state index contributed by atoms with van der Waals surface area (Å²) in [6.45, 7) is 0. The van der Waals surface area contributed by atoms with Crippen molar-refractivity contribution in [1.29, 1.82) is 0 Å². The van der Waals surface area contributed by atoms with Gasteiger partial charge in [-0.3, -0.25) is 4.98 Å². The summed E-state index contributed by atoms with van der Waals surface area (Å²) < 4.78 is 38.0. The molecule has 0 aliphatic carbocycles. The van der Waals surface area contributed by atoms with Gasteiger partial charge < -0.3 is 10.1 Å². The molecule has 102 valence electrons. The Kier molecular flexibility index (Phi) is 2.67. The van der Waals surface area contributed by atoms with Crippen LogP contribution in [0.5, 0.6) is 5.75 Å². The van der Waals surface area contributed by atoms with E-state index >= 15 is 0 Å². The molecule has 1 aromatic carbocycles. The fraction of sp³-hybridized carbons (Fsp3) is 0.0714.